The van der Waals surface area contributed by atoms with Crippen LogP contribution >= 0.6 is 0 Å². The molecule has 1 fully saturated rings. The van der Waals surface area contributed by atoms with Crippen LogP contribution in [0.3, 0.4) is 0 Å². The number of aromatic nitrogens is 1. The van der Waals surface area contributed by atoms with Gasteiger partial charge in [-0.2, -0.15) is 0 Å². The summed E-state index contributed by atoms with van der Waals surface area (Å²) in [5.41, 5.74) is 11.0. The zero-order chi connectivity index (χ0) is 15.7. The van der Waals surface area contributed by atoms with Crippen molar-refractivity contribution in [1.29, 1.82) is 0 Å². The number of nitrogens with zero attached hydrogens (tertiary/aromatic N) is 2. The lowest BCUT2D eigenvalue weighted by Crippen LogP contribution is -2.47. The fourth-order valence-corrected chi connectivity index (χ4v) is 2.91. The summed E-state index contributed by atoms with van der Waals surface area (Å²) in [6.45, 7) is 9.25. The molecule has 1 saturated heterocycles. The molecule has 0 amide bonds. The topological polar surface area (TPSA) is 66.6 Å². The van der Waals surface area contributed by atoms with Gasteiger partial charge < -0.3 is 20.4 Å². The summed E-state index contributed by atoms with van der Waals surface area (Å²) in [5, 5.41) is 1.27. The maximum atomic E-state index is 6.12. The average Bonchev–Trinajstić information content (AvgIpc) is 2.80. The standard InChI is InChI=1S/C17H24N4O/c1-11-10-21(6-7-22-11)17(18)19-9-14-4-5-16-15(8-14)12(2)13(3)20-16/h4-5,8,11,20H,6-7,9-10H2,1-3H3,(H2,18,19). The molecule has 0 aliphatic carbocycles. The van der Waals surface area contributed by atoms with Crippen LogP contribution in [0.25, 0.3) is 10.9 Å². The largest absolute Gasteiger partial charge is 0.375 e. The number of aromatic amines is 1. The number of hydrogen-bond acceptors (Lipinski definition) is 2. The molecule has 22 heavy (non-hydrogen) atoms. The van der Waals surface area contributed by atoms with Crippen molar-refractivity contribution in [3.8, 4) is 0 Å². The molecule has 2 heterocycles. The normalized spacial score (nSPS) is 19.9. The predicted octanol–water partition coefficient (Wildman–Crippen LogP) is 2.32. The van der Waals surface area contributed by atoms with E-state index >= 15 is 0 Å². The number of guanidine groups is 1. The van der Waals surface area contributed by atoms with Gasteiger partial charge in [0.1, 0.15) is 0 Å². The smallest absolute Gasteiger partial charge is 0.191 e. The first-order chi connectivity index (χ1) is 10.5. The van der Waals surface area contributed by atoms with Crippen molar-refractivity contribution in [3.63, 3.8) is 0 Å². The average molecular weight is 300 g/mol. The van der Waals surface area contributed by atoms with Crippen LogP contribution in [0.15, 0.2) is 23.2 Å². The minimum Gasteiger partial charge on any atom is -0.375 e. The fourth-order valence-electron chi connectivity index (χ4n) is 2.91. The molecule has 1 atom stereocenters. The van der Waals surface area contributed by atoms with Crippen molar-refractivity contribution in [2.24, 2.45) is 10.7 Å². The molecule has 1 aliphatic heterocycles. The number of fused-ring (bicyclic) bond motifs is 1. The number of aryl methyl sites for hydroxylation is 2. The van der Waals surface area contributed by atoms with Crippen molar-refractivity contribution in [2.45, 2.75) is 33.4 Å². The van der Waals surface area contributed by atoms with Crippen LogP contribution in [-0.2, 0) is 11.3 Å². The number of benzene rings is 1. The second-order valence-electron chi connectivity index (χ2n) is 6.06. The Hall–Kier alpha value is -2.01. The molecule has 0 saturated carbocycles. The Bertz CT molecular complexity index is 704. The number of H-pyrrole nitrogens is 1. The Kier molecular flexibility index (Phi) is 4.07. The maximum absolute atomic E-state index is 6.12. The Morgan fingerprint density at radius 2 is 2.27 bits per heavy atom. The number of hydrogen-bond donors (Lipinski definition) is 2. The molecule has 1 aromatic heterocycles. The molecule has 2 aromatic rings. The Morgan fingerprint density at radius 3 is 3.05 bits per heavy atom. The first-order valence-corrected chi connectivity index (χ1v) is 7.79. The van der Waals surface area contributed by atoms with E-state index in [-0.39, 0.29) is 6.10 Å². The molecular formula is C17H24N4O. The molecule has 1 unspecified atom stereocenters. The first-order valence-electron chi connectivity index (χ1n) is 7.79. The van der Waals surface area contributed by atoms with Gasteiger partial charge in [-0.25, -0.2) is 4.99 Å². The first kappa shape index (κ1) is 14.9. The van der Waals surface area contributed by atoms with Crippen molar-refractivity contribution in [3.05, 3.63) is 35.0 Å². The molecule has 3 rings (SSSR count). The zero-order valence-corrected chi connectivity index (χ0v) is 13.5. The van der Waals surface area contributed by atoms with Gasteiger partial charge in [0.2, 0.25) is 0 Å². The van der Waals surface area contributed by atoms with Crippen LogP contribution in [-0.4, -0.2) is 41.6 Å². The van der Waals surface area contributed by atoms with Crippen LogP contribution < -0.4 is 5.73 Å². The predicted molar refractivity (Wildman–Crippen MR) is 90.1 cm³/mol. The molecule has 0 bridgehead atoms. The van der Waals surface area contributed by atoms with Crippen LogP contribution in [0, 0.1) is 13.8 Å². The number of morpholine rings is 1. The van der Waals surface area contributed by atoms with E-state index in [1.165, 1.54) is 27.7 Å². The van der Waals surface area contributed by atoms with Gasteiger partial charge in [-0.15, -0.1) is 0 Å². The highest BCUT2D eigenvalue weighted by molar-refractivity contribution is 5.85. The van der Waals surface area contributed by atoms with Gasteiger partial charge in [-0.05, 0) is 44.0 Å². The van der Waals surface area contributed by atoms with Crippen molar-refractivity contribution in [1.82, 2.24) is 9.88 Å². The summed E-state index contributed by atoms with van der Waals surface area (Å²) in [6.07, 6.45) is 0.212. The molecule has 118 valence electrons. The summed E-state index contributed by atoms with van der Waals surface area (Å²) >= 11 is 0. The highest BCUT2D eigenvalue weighted by Crippen LogP contribution is 2.22. The lowest BCUT2D eigenvalue weighted by molar-refractivity contribution is 0.00529. The molecule has 1 aliphatic rings. The van der Waals surface area contributed by atoms with Crippen molar-refractivity contribution >= 4 is 16.9 Å². The van der Waals surface area contributed by atoms with E-state index in [4.69, 9.17) is 10.5 Å². The Morgan fingerprint density at radius 1 is 1.45 bits per heavy atom. The van der Waals surface area contributed by atoms with Crippen LogP contribution in [0.1, 0.15) is 23.7 Å². The van der Waals surface area contributed by atoms with Crippen LogP contribution in [0.2, 0.25) is 0 Å². The van der Waals surface area contributed by atoms with Gasteiger partial charge in [0.25, 0.3) is 0 Å². The molecule has 0 radical (unpaired) electrons. The lowest BCUT2D eigenvalue weighted by atomic mass is 10.1. The summed E-state index contributed by atoms with van der Waals surface area (Å²) in [4.78, 5) is 10.0. The van der Waals surface area contributed by atoms with Crippen LogP contribution in [0.4, 0.5) is 0 Å². The van der Waals surface area contributed by atoms with E-state index in [0.29, 0.717) is 19.1 Å². The number of aliphatic imine (C=N–C) groups is 1. The highest BCUT2D eigenvalue weighted by Gasteiger charge is 2.17. The summed E-state index contributed by atoms with van der Waals surface area (Å²) < 4.78 is 5.53. The lowest BCUT2D eigenvalue weighted by Gasteiger charge is -2.31. The second kappa shape index (κ2) is 6.01. The number of rotatable bonds is 2. The fraction of sp³-hybridized carbons (Fsp3) is 0.471. The highest BCUT2D eigenvalue weighted by atomic mass is 16.5. The zero-order valence-electron chi connectivity index (χ0n) is 13.5. The third kappa shape index (κ3) is 2.95. The van der Waals surface area contributed by atoms with Gasteiger partial charge in [0.15, 0.2) is 5.96 Å². The van der Waals surface area contributed by atoms with Gasteiger partial charge in [0.05, 0.1) is 19.3 Å². The monoisotopic (exact) mass is 300 g/mol. The third-order valence-electron chi connectivity index (χ3n) is 4.36. The van der Waals surface area contributed by atoms with E-state index in [0.717, 1.165) is 13.1 Å². The van der Waals surface area contributed by atoms with Gasteiger partial charge in [0, 0.05) is 29.7 Å². The minimum absolute atomic E-state index is 0.212. The van der Waals surface area contributed by atoms with E-state index < -0.39 is 0 Å². The SMILES string of the molecule is Cc1[nH]c2ccc(CN=C(N)N3CCOC(C)C3)cc2c1C. The minimum atomic E-state index is 0.212. The maximum Gasteiger partial charge on any atom is 0.191 e. The molecule has 0 spiro atoms. The summed E-state index contributed by atoms with van der Waals surface area (Å²) in [6, 6.07) is 6.43. The Balaban J connectivity index is 1.75. The second-order valence-corrected chi connectivity index (χ2v) is 6.06. The Labute approximate surface area is 131 Å². The van der Waals surface area contributed by atoms with Crippen molar-refractivity contribution in [2.75, 3.05) is 19.7 Å². The van der Waals surface area contributed by atoms with Gasteiger partial charge in [-0.3, -0.25) is 0 Å². The summed E-state index contributed by atoms with van der Waals surface area (Å²) in [5.74, 6) is 0.609. The molecule has 5 nitrogen and oxygen atoms in total. The van der Waals surface area contributed by atoms with Gasteiger partial charge in [-0.1, -0.05) is 6.07 Å². The van der Waals surface area contributed by atoms with Crippen LogP contribution in [0.5, 0.6) is 0 Å². The van der Waals surface area contributed by atoms with Crippen molar-refractivity contribution < 1.29 is 4.74 Å². The van der Waals surface area contributed by atoms with E-state index in [9.17, 15) is 0 Å². The van der Waals surface area contributed by atoms with E-state index in [1.807, 2.05) is 0 Å². The quantitative estimate of drug-likeness (QED) is 0.661. The molecule has 5 heteroatoms. The van der Waals surface area contributed by atoms with E-state index in [2.05, 4.69) is 53.8 Å². The third-order valence-corrected chi connectivity index (χ3v) is 4.36. The molecule has 3 N–H and O–H groups in total. The molecule has 1 aromatic carbocycles. The van der Waals surface area contributed by atoms with Gasteiger partial charge >= 0.3 is 0 Å². The number of ether oxygens (including phenoxy) is 1. The van der Waals surface area contributed by atoms with E-state index in [1.54, 1.807) is 0 Å². The number of nitrogens with two attached hydrogens (primary N) is 1. The molecular weight excluding hydrogens is 276 g/mol. The number of nitrogens with one attached hydrogen (secondary N) is 1. The summed E-state index contributed by atoms with van der Waals surface area (Å²) in [7, 11) is 0.